The molecular weight excluding hydrogens is 388 g/mol. The van der Waals surface area contributed by atoms with Crippen molar-refractivity contribution in [3.63, 3.8) is 0 Å². The van der Waals surface area contributed by atoms with Gasteiger partial charge in [-0.2, -0.15) is 4.31 Å². The lowest BCUT2D eigenvalue weighted by atomic mass is 9.78. The summed E-state index contributed by atoms with van der Waals surface area (Å²) < 4.78 is 32.7. The van der Waals surface area contributed by atoms with Gasteiger partial charge in [0.2, 0.25) is 15.9 Å². The highest BCUT2D eigenvalue weighted by molar-refractivity contribution is 7.89. The van der Waals surface area contributed by atoms with Gasteiger partial charge in [0.1, 0.15) is 5.75 Å². The van der Waals surface area contributed by atoms with Crippen molar-refractivity contribution in [1.29, 1.82) is 0 Å². The van der Waals surface area contributed by atoms with Crippen molar-refractivity contribution in [2.24, 2.45) is 17.8 Å². The molecule has 29 heavy (non-hydrogen) atoms. The van der Waals surface area contributed by atoms with Crippen molar-refractivity contribution < 1.29 is 17.9 Å². The van der Waals surface area contributed by atoms with E-state index in [1.165, 1.54) is 10.7 Å². The van der Waals surface area contributed by atoms with Crippen LogP contribution in [0, 0.1) is 17.8 Å². The van der Waals surface area contributed by atoms with Crippen molar-refractivity contribution in [2.75, 3.05) is 19.7 Å². The Labute approximate surface area is 175 Å². The molecule has 1 aliphatic heterocycles. The molecule has 3 atom stereocenters. The number of piperidine rings is 1. The fourth-order valence-corrected chi connectivity index (χ4v) is 5.94. The zero-order valence-corrected chi connectivity index (χ0v) is 18.6. The first-order chi connectivity index (χ1) is 13.8. The van der Waals surface area contributed by atoms with Crippen molar-refractivity contribution >= 4 is 15.9 Å². The van der Waals surface area contributed by atoms with Gasteiger partial charge in [0, 0.05) is 25.0 Å². The Hall–Kier alpha value is -1.60. The van der Waals surface area contributed by atoms with Gasteiger partial charge in [-0.1, -0.05) is 26.7 Å². The third kappa shape index (κ3) is 5.12. The quantitative estimate of drug-likeness (QED) is 0.762. The SMILES string of the molecule is CCOc1ccc(S(=O)(=O)N2CCC(C(=O)N[C@@H]3CCC[C@H](C)[C@H]3C)CC2)cc1. The Morgan fingerprint density at radius 1 is 1.10 bits per heavy atom. The lowest BCUT2D eigenvalue weighted by molar-refractivity contribution is -0.127. The molecule has 3 rings (SSSR count). The second-order valence-corrected chi connectivity index (χ2v) is 10.4. The van der Waals surface area contributed by atoms with Crippen LogP contribution in [0.4, 0.5) is 0 Å². The van der Waals surface area contributed by atoms with Gasteiger partial charge in [0.15, 0.2) is 0 Å². The number of benzene rings is 1. The Bertz CT molecular complexity index is 786. The highest BCUT2D eigenvalue weighted by Crippen LogP contribution is 2.30. The fraction of sp³-hybridized carbons (Fsp3) is 0.682. The van der Waals surface area contributed by atoms with Crippen LogP contribution >= 0.6 is 0 Å². The van der Waals surface area contributed by atoms with E-state index >= 15 is 0 Å². The standard InChI is InChI=1S/C22H34N2O4S/c1-4-28-19-8-10-20(11-9-19)29(26,27)24-14-12-18(13-15-24)22(25)23-21-7-5-6-16(2)17(21)3/h8-11,16-18,21H,4-7,12-15H2,1-3H3,(H,23,25)/t16-,17+,21+/m0/s1. The van der Waals surface area contributed by atoms with E-state index in [0.29, 0.717) is 50.1 Å². The molecule has 1 N–H and O–H groups in total. The van der Waals surface area contributed by atoms with Crippen molar-refractivity contribution in [3.05, 3.63) is 24.3 Å². The van der Waals surface area contributed by atoms with Gasteiger partial charge in [-0.05, 0) is 62.3 Å². The number of nitrogens with zero attached hydrogens (tertiary/aromatic N) is 1. The predicted octanol–water partition coefficient (Wildman–Crippen LogP) is 3.43. The molecule has 1 aromatic carbocycles. The third-order valence-corrected chi connectivity index (χ3v) is 8.54. The van der Waals surface area contributed by atoms with Gasteiger partial charge >= 0.3 is 0 Å². The fourth-order valence-electron chi connectivity index (χ4n) is 4.47. The molecule has 1 saturated heterocycles. The molecule has 0 aromatic heterocycles. The van der Waals surface area contributed by atoms with Crippen LogP contribution in [-0.4, -0.2) is 44.4 Å². The summed E-state index contributed by atoms with van der Waals surface area (Å²) in [5.41, 5.74) is 0. The summed E-state index contributed by atoms with van der Waals surface area (Å²) >= 11 is 0. The van der Waals surface area contributed by atoms with Crippen molar-refractivity contribution in [2.45, 2.75) is 63.8 Å². The smallest absolute Gasteiger partial charge is 0.243 e. The van der Waals surface area contributed by atoms with E-state index in [4.69, 9.17) is 4.74 Å². The number of rotatable bonds is 6. The number of carbonyl (C=O) groups is 1. The maximum Gasteiger partial charge on any atom is 0.243 e. The van der Waals surface area contributed by atoms with E-state index in [9.17, 15) is 13.2 Å². The van der Waals surface area contributed by atoms with Crippen LogP contribution in [0.5, 0.6) is 5.75 Å². The molecule has 0 bridgehead atoms. The first-order valence-electron chi connectivity index (χ1n) is 10.9. The van der Waals surface area contributed by atoms with Crippen LogP contribution < -0.4 is 10.1 Å². The summed E-state index contributed by atoms with van der Waals surface area (Å²) in [7, 11) is -3.54. The number of carbonyl (C=O) groups excluding carboxylic acids is 1. The predicted molar refractivity (Wildman–Crippen MR) is 113 cm³/mol. The minimum Gasteiger partial charge on any atom is -0.494 e. The van der Waals surface area contributed by atoms with Crippen LogP contribution in [0.3, 0.4) is 0 Å². The zero-order valence-electron chi connectivity index (χ0n) is 17.8. The summed E-state index contributed by atoms with van der Waals surface area (Å²) in [4.78, 5) is 13.0. The van der Waals surface area contributed by atoms with Gasteiger partial charge in [-0.15, -0.1) is 0 Å². The van der Waals surface area contributed by atoms with Gasteiger partial charge in [-0.25, -0.2) is 8.42 Å². The van der Waals surface area contributed by atoms with Gasteiger partial charge in [0.25, 0.3) is 0 Å². The average Bonchev–Trinajstić information content (AvgIpc) is 2.72. The highest BCUT2D eigenvalue weighted by Gasteiger charge is 2.34. The molecule has 1 aliphatic carbocycles. The molecule has 1 saturated carbocycles. The lowest BCUT2D eigenvalue weighted by Gasteiger charge is -2.36. The number of hydrogen-bond acceptors (Lipinski definition) is 4. The molecule has 6 nitrogen and oxygen atoms in total. The molecule has 1 heterocycles. The first-order valence-corrected chi connectivity index (χ1v) is 12.3. The van der Waals surface area contributed by atoms with E-state index in [1.54, 1.807) is 24.3 Å². The molecule has 0 radical (unpaired) electrons. The minimum absolute atomic E-state index is 0.0917. The molecule has 0 unspecified atom stereocenters. The summed E-state index contributed by atoms with van der Waals surface area (Å²) in [5, 5.41) is 3.25. The Morgan fingerprint density at radius 3 is 2.38 bits per heavy atom. The zero-order chi connectivity index (χ0) is 21.0. The van der Waals surface area contributed by atoms with Crippen LogP contribution in [0.1, 0.15) is 52.9 Å². The van der Waals surface area contributed by atoms with E-state index in [2.05, 4.69) is 19.2 Å². The van der Waals surface area contributed by atoms with E-state index in [-0.39, 0.29) is 22.8 Å². The molecule has 162 valence electrons. The topological polar surface area (TPSA) is 75.7 Å². The van der Waals surface area contributed by atoms with Crippen LogP contribution in [0.25, 0.3) is 0 Å². The van der Waals surface area contributed by atoms with E-state index < -0.39 is 10.0 Å². The second kappa shape index (κ2) is 9.47. The number of amides is 1. The molecule has 2 aliphatic rings. The lowest BCUT2D eigenvalue weighted by Crippen LogP contribution is -2.48. The second-order valence-electron chi connectivity index (χ2n) is 8.47. The molecule has 7 heteroatoms. The van der Waals surface area contributed by atoms with Crippen LogP contribution in [-0.2, 0) is 14.8 Å². The third-order valence-electron chi connectivity index (χ3n) is 6.63. The largest absolute Gasteiger partial charge is 0.494 e. The monoisotopic (exact) mass is 422 g/mol. The molecule has 1 aromatic rings. The maximum absolute atomic E-state index is 12.9. The van der Waals surface area contributed by atoms with Gasteiger partial charge in [0.05, 0.1) is 11.5 Å². The molecule has 1 amide bonds. The highest BCUT2D eigenvalue weighted by atomic mass is 32.2. The number of hydrogen-bond donors (Lipinski definition) is 1. The Balaban J connectivity index is 1.55. The van der Waals surface area contributed by atoms with Crippen LogP contribution in [0.15, 0.2) is 29.2 Å². The van der Waals surface area contributed by atoms with E-state index in [0.717, 1.165) is 12.8 Å². The molecule has 2 fully saturated rings. The molecule has 0 spiro atoms. The normalized spacial score (nSPS) is 26.8. The summed E-state index contributed by atoms with van der Waals surface area (Å²) in [5.74, 6) is 1.77. The first kappa shape index (κ1) is 22.1. The summed E-state index contributed by atoms with van der Waals surface area (Å²) in [6.07, 6.45) is 4.57. The Kier molecular flexibility index (Phi) is 7.22. The summed E-state index contributed by atoms with van der Waals surface area (Å²) in [6.45, 7) is 7.67. The Morgan fingerprint density at radius 2 is 1.76 bits per heavy atom. The van der Waals surface area contributed by atoms with Crippen molar-refractivity contribution in [1.82, 2.24) is 9.62 Å². The number of ether oxygens (including phenoxy) is 1. The summed E-state index contributed by atoms with van der Waals surface area (Å²) in [6, 6.07) is 6.79. The van der Waals surface area contributed by atoms with Gasteiger partial charge < -0.3 is 10.1 Å². The number of nitrogens with one attached hydrogen (secondary N) is 1. The van der Waals surface area contributed by atoms with Crippen molar-refractivity contribution in [3.8, 4) is 5.75 Å². The maximum atomic E-state index is 12.9. The molecular formula is C22H34N2O4S. The average molecular weight is 423 g/mol. The van der Waals surface area contributed by atoms with Gasteiger partial charge in [-0.3, -0.25) is 4.79 Å². The minimum atomic E-state index is -3.54. The number of sulfonamides is 1. The van der Waals surface area contributed by atoms with E-state index in [1.807, 2.05) is 6.92 Å². The van der Waals surface area contributed by atoms with Crippen LogP contribution in [0.2, 0.25) is 0 Å².